The number of benzene rings is 1. The van der Waals surface area contributed by atoms with Crippen molar-refractivity contribution in [2.75, 3.05) is 7.11 Å². The zero-order valence-electron chi connectivity index (χ0n) is 9.15. The van der Waals surface area contributed by atoms with Gasteiger partial charge in [-0.1, -0.05) is 23.7 Å². The smallest absolute Gasteiger partial charge is 0.247 e. The standard InChI is InChI=1S/C12H10BrClN2O/c1-17-12-11(13)7-10(15-16-12)6-8-3-2-4-9(14)5-8/h2-5,7H,6H2,1H3. The largest absolute Gasteiger partial charge is 0.479 e. The Balaban J connectivity index is 2.22. The Morgan fingerprint density at radius 1 is 1.29 bits per heavy atom. The highest BCUT2D eigenvalue weighted by Gasteiger charge is 2.05. The molecule has 88 valence electrons. The first-order valence-electron chi connectivity index (χ1n) is 4.99. The Morgan fingerprint density at radius 2 is 2.12 bits per heavy atom. The van der Waals surface area contributed by atoms with Gasteiger partial charge in [0.15, 0.2) is 0 Å². The first-order chi connectivity index (χ1) is 8.19. The molecule has 3 nitrogen and oxygen atoms in total. The molecule has 0 spiro atoms. The summed E-state index contributed by atoms with van der Waals surface area (Å²) in [6.45, 7) is 0. The van der Waals surface area contributed by atoms with E-state index in [1.54, 1.807) is 7.11 Å². The quantitative estimate of drug-likeness (QED) is 0.870. The third-order valence-corrected chi connectivity index (χ3v) is 3.04. The molecule has 1 aromatic heterocycles. The summed E-state index contributed by atoms with van der Waals surface area (Å²) < 4.78 is 5.83. The SMILES string of the molecule is COc1nnc(Cc2cccc(Cl)c2)cc1Br. The highest BCUT2D eigenvalue weighted by molar-refractivity contribution is 9.10. The second-order valence-corrected chi connectivity index (χ2v) is 4.79. The van der Waals surface area contributed by atoms with Crippen LogP contribution < -0.4 is 4.74 Å². The maximum absolute atomic E-state index is 5.92. The first-order valence-corrected chi connectivity index (χ1v) is 6.16. The maximum atomic E-state index is 5.92. The molecule has 0 N–H and O–H groups in total. The molecule has 5 heteroatoms. The third-order valence-electron chi connectivity index (χ3n) is 2.23. The van der Waals surface area contributed by atoms with Crippen molar-refractivity contribution in [3.63, 3.8) is 0 Å². The van der Waals surface area contributed by atoms with Gasteiger partial charge < -0.3 is 4.74 Å². The van der Waals surface area contributed by atoms with E-state index in [1.165, 1.54) is 0 Å². The Labute approximate surface area is 113 Å². The van der Waals surface area contributed by atoms with Gasteiger partial charge in [-0.2, -0.15) is 5.10 Å². The summed E-state index contributed by atoms with van der Waals surface area (Å²) in [5.41, 5.74) is 1.96. The van der Waals surface area contributed by atoms with Crippen molar-refractivity contribution in [2.45, 2.75) is 6.42 Å². The van der Waals surface area contributed by atoms with E-state index in [2.05, 4.69) is 26.1 Å². The van der Waals surface area contributed by atoms with E-state index in [0.29, 0.717) is 12.3 Å². The van der Waals surface area contributed by atoms with Gasteiger partial charge in [0.2, 0.25) is 5.88 Å². The Morgan fingerprint density at radius 3 is 2.76 bits per heavy atom. The predicted molar refractivity (Wildman–Crippen MR) is 70.5 cm³/mol. The number of nitrogens with zero attached hydrogens (tertiary/aromatic N) is 2. The Kier molecular flexibility index (Phi) is 3.97. The Bertz CT molecular complexity index is 534. The Hall–Kier alpha value is -1.13. The van der Waals surface area contributed by atoms with Crippen LogP contribution in [0.4, 0.5) is 0 Å². The second-order valence-electron chi connectivity index (χ2n) is 3.50. The minimum Gasteiger partial charge on any atom is -0.479 e. The molecule has 1 heterocycles. The fraction of sp³-hybridized carbons (Fsp3) is 0.167. The summed E-state index contributed by atoms with van der Waals surface area (Å²) in [6.07, 6.45) is 0.691. The van der Waals surface area contributed by atoms with E-state index in [1.807, 2.05) is 30.3 Å². The number of ether oxygens (including phenoxy) is 1. The average Bonchev–Trinajstić information content (AvgIpc) is 2.29. The lowest BCUT2D eigenvalue weighted by atomic mass is 10.1. The highest BCUT2D eigenvalue weighted by Crippen LogP contribution is 2.22. The lowest BCUT2D eigenvalue weighted by Gasteiger charge is -2.04. The van der Waals surface area contributed by atoms with Crippen LogP contribution in [0.2, 0.25) is 5.02 Å². The zero-order chi connectivity index (χ0) is 12.3. The molecule has 0 radical (unpaired) electrons. The van der Waals surface area contributed by atoms with E-state index >= 15 is 0 Å². The number of hydrogen-bond donors (Lipinski definition) is 0. The lowest BCUT2D eigenvalue weighted by molar-refractivity contribution is 0.388. The minimum atomic E-state index is 0.486. The molecular weight excluding hydrogens is 304 g/mol. The van der Waals surface area contributed by atoms with Crippen LogP contribution in [0.25, 0.3) is 0 Å². The molecule has 0 fully saturated rings. The van der Waals surface area contributed by atoms with Gasteiger partial charge in [0.05, 0.1) is 17.3 Å². The molecule has 17 heavy (non-hydrogen) atoms. The van der Waals surface area contributed by atoms with Crippen molar-refractivity contribution in [1.82, 2.24) is 10.2 Å². The van der Waals surface area contributed by atoms with Crippen LogP contribution in [0.15, 0.2) is 34.8 Å². The molecule has 0 saturated heterocycles. The summed E-state index contributed by atoms with van der Waals surface area (Å²) in [4.78, 5) is 0. The van der Waals surface area contributed by atoms with Crippen molar-refractivity contribution in [3.8, 4) is 5.88 Å². The maximum Gasteiger partial charge on any atom is 0.247 e. The summed E-state index contributed by atoms with van der Waals surface area (Å²) >= 11 is 9.31. The molecule has 0 amide bonds. The van der Waals surface area contributed by atoms with Crippen molar-refractivity contribution >= 4 is 27.5 Å². The van der Waals surface area contributed by atoms with Gasteiger partial charge >= 0.3 is 0 Å². The molecular formula is C12H10BrClN2O. The molecule has 0 aliphatic rings. The van der Waals surface area contributed by atoms with Crippen LogP contribution >= 0.6 is 27.5 Å². The normalized spacial score (nSPS) is 10.3. The minimum absolute atomic E-state index is 0.486. The monoisotopic (exact) mass is 312 g/mol. The number of hydrogen-bond acceptors (Lipinski definition) is 3. The first kappa shape index (κ1) is 12.3. The molecule has 2 rings (SSSR count). The van der Waals surface area contributed by atoms with Gasteiger partial charge in [-0.15, -0.1) is 5.10 Å². The van der Waals surface area contributed by atoms with Crippen LogP contribution in [-0.4, -0.2) is 17.3 Å². The molecule has 0 saturated carbocycles. The van der Waals surface area contributed by atoms with Crippen LogP contribution in [0, 0.1) is 0 Å². The van der Waals surface area contributed by atoms with Gasteiger partial charge in [0.25, 0.3) is 0 Å². The fourth-order valence-corrected chi connectivity index (χ4v) is 2.19. The summed E-state index contributed by atoms with van der Waals surface area (Å²) in [5.74, 6) is 0.486. The van der Waals surface area contributed by atoms with Gasteiger partial charge in [0, 0.05) is 11.4 Å². The van der Waals surface area contributed by atoms with Gasteiger partial charge in [-0.3, -0.25) is 0 Å². The van der Waals surface area contributed by atoms with Crippen molar-refractivity contribution < 1.29 is 4.74 Å². The summed E-state index contributed by atoms with van der Waals surface area (Å²) in [7, 11) is 1.56. The zero-order valence-corrected chi connectivity index (χ0v) is 11.5. The van der Waals surface area contributed by atoms with Crippen molar-refractivity contribution in [1.29, 1.82) is 0 Å². The van der Waals surface area contributed by atoms with E-state index in [0.717, 1.165) is 20.8 Å². The van der Waals surface area contributed by atoms with Crippen LogP contribution in [0.5, 0.6) is 5.88 Å². The summed E-state index contributed by atoms with van der Waals surface area (Å²) in [5, 5.41) is 8.78. The van der Waals surface area contributed by atoms with Gasteiger partial charge in [0.1, 0.15) is 0 Å². The van der Waals surface area contributed by atoms with Crippen LogP contribution in [-0.2, 0) is 6.42 Å². The van der Waals surface area contributed by atoms with E-state index in [9.17, 15) is 0 Å². The molecule has 2 aromatic rings. The number of rotatable bonds is 3. The van der Waals surface area contributed by atoms with Crippen LogP contribution in [0.1, 0.15) is 11.3 Å². The average molecular weight is 314 g/mol. The van der Waals surface area contributed by atoms with E-state index in [4.69, 9.17) is 16.3 Å². The third kappa shape index (κ3) is 3.17. The van der Waals surface area contributed by atoms with Crippen molar-refractivity contribution in [2.24, 2.45) is 0 Å². The van der Waals surface area contributed by atoms with Gasteiger partial charge in [-0.05, 0) is 39.7 Å². The molecule has 0 bridgehead atoms. The second kappa shape index (κ2) is 5.47. The number of methoxy groups -OCH3 is 1. The topological polar surface area (TPSA) is 35.0 Å². The predicted octanol–water partition coefficient (Wildman–Crippen LogP) is 3.49. The molecule has 0 unspecified atom stereocenters. The van der Waals surface area contributed by atoms with Crippen molar-refractivity contribution in [3.05, 3.63) is 51.1 Å². The van der Waals surface area contributed by atoms with E-state index in [-0.39, 0.29) is 0 Å². The van der Waals surface area contributed by atoms with E-state index < -0.39 is 0 Å². The van der Waals surface area contributed by atoms with Crippen LogP contribution in [0.3, 0.4) is 0 Å². The lowest BCUT2D eigenvalue weighted by Crippen LogP contribution is -1.98. The number of halogens is 2. The fourth-order valence-electron chi connectivity index (χ4n) is 1.48. The summed E-state index contributed by atoms with van der Waals surface area (Å²) in [6, 6.07) is 9.59. The molecule has 0 aliphatic carbocycles. The number of aromatic nitrogens is 2. The molecule has 0 atom stereocenters. The highest BCUT2D eigenvalue weighted by atomic mass is 79.9. The molecule has 0 aliphatic heterocycles. The van der Waals surface area contributed by atoms with Gasteiger partial charge in [-0.25, -0.2) is 0 Å². The molecule has 1 aromatic carbocycles.